The van der Waals surface area contributed by atoms with E-state index >= 15 is 0 Å². The molecule has 0 unspecified atom stereocenters. The Balaban J connectivity index is 1.71. The number of likely N-dealkylation sites (tertiary alicyclic amines) is 1. The molecule has 2 saturated carbocycles. The van der Waals surface area contributed by atoms with Crippen molar-refractivity contribution >= 4 is 12.0 Å². The molecule has 3 rings (SSSR count). The molecule has 6 heteroatoms. The lowest BCUT2D eigenvalue weighted by Gasteiger charge is -2.37. The van der Waals surface area contributed by atoms with Gasteiger partial charge in [0.2, 0.25) is 5.91 Å². The highest BCUT2D eigenvalue weighted by molar-refractivity contribution is 5.87. The molecule has 1 saturated heterocycles. The van der Waals surface area contributed by atoms with Gasteiger partial charge in [0.15, 0.2) is 0 Å². The molecular formula is C19H32N2O4. The van der Waals surface area contributed by atoms with Crippen molar-refractivity contribution in [2.24, 2.45) is 22.7 Å². The van der Waals surface area contributed by atoms with Crippen LogP contribution in [0.3, 0.4) is 0 Å². The van der Waals surface area contributed by atoms with E-state index in [4.69, 9.17) is 4.74 Å². The van der Waals surface area contributed by atoms with Crippen LogP contribution < -0.4 is 5.32 Å². The monoisotopic (exact) mass is 352 g/mol. The molecule has 3 fully saturated rings. The summed E-state index contributed by atoms with van der Waals surface area (Å²) < 4.78 is 5.33. The van der Waals surface area contributed by atoms with Crippen molar-refractivity contribution in [3.8, 4) is 0 Å². The molecule has 2 amide bonds. The van der Waals surface area contributed by atoms with Crippen LogP contribution in [0.25, 0.3) is 0 Å². The number of piperidine rings is 1. The standard InChI is InChI=1S/C19H32N2O4/c1-17(2,3)14(20-16(24)25-18(4,5)6)15(23)21-9-11-13(12(21)10-22)19(11)7-8-19/h11-14,22H,7-10H2,1-6H3,(H,20,24)/t11-,12+,13-,14+/m0/s1. The molecule has 1 heterocycles. The first-order valence-corrected chi connectivity index (χ1v) is 9.31. The fourth-order valence-electron chi connectivity index (χ4n) is 4.65. The number of fused-ring (bicyclic) bond motifs is 3. The van der Waals surface area contributed by atoms with Gasteiger partial charge in [0, 0.05) is 6.54 Å². The van der Waals surface area contributed by atoms with E-state index in [9.17, 15) is 14.7 Å². The Morgan fingerprint density at radius 1 is 1.24 bits per heavy atom. The number of hydrogen-bond donors (Lipinski definition) is 2. The summed E-state index contributed by atoms with van der Waals surface area (Å²) >= 11 is 0. The zero-order chi connectivity index (χ0) is 18.8. The number of hydrogen-bond acceptors (Lipinski definition) is 4. The van der Waals surface area contributed by atoms with E-state index in [0.29, 0.717) is 23.8 Å². The van der Waals surface area contributed by atoms with Crippen molar-refractivity contribution in [3.63, 3.8) is 0 Å². The van der Waals surface area contributed by atoms with Crippen LogP contribution in [0.15, 0.2) is 0 Å². The molecule has 0 aromatic rings. The highest BCUT2D eigenvalue weighted by Gasteiger charge is 2.77. The van der Waals surface area contributed by atoms with Crippen LogP contribution >= 0.6 is 0 Å². The predicted molar refractivity (Wildman–Crippen MR) is 93.8 cm³/mol. The number of rotatable bonds is 3. The van der Waals surface area contributed by atoms with Gasteiger partial charge in [-0.25, -0.2) is 4.79 Å². The van der Waals surface area contributed by atoms with Crippen molar-refractivity contribution in [1.82, 2.24) is 10.2 Å². The molecule has 6 nitrogen and oxygen atoms in total. The number of carbonyl (C=O) groups is 2. The minimum absolute atomic E-state index is 0.00203. The Bertz CT molecular complexity index is 571. The van der Waals surface area contributed by atoms with Crippen molar-refractivity contribution < 1.29 is 19.4 Å². The summed E-state index contributed by atoms with van der Waals surface area (Å²) in [6.45, 7) is 11.9. The third-order valence-electron chi connectivity index (χ3n) is 6.01. The molecule has 0 bridgehead atoms. The summed E-state index contributed by atoms with van der Waals surface area (Å²) in [5.41, 5.74) is -0.630. The van der Waals surface area contributed by atoms with Gasteiger partial charge in [0.05, 0.1) is 12.6 Å². The average Bonchev–Trinajstić information content (AvgIpc) is 3.30. The predicted octanol–water partition coefficient (Wildman–Crippen LogP) is 2.16. The molecule has 0 aromatic carbocycles. The van der Waals surface area contributed by atoms with E-state index in [1.165, 1.54) is 12.8 Å². The number of aliphatic hydroxyl groups excluding tert-OH is 1. The van der Waals surface area contributed by atoms with E-state index in [2.05, 4.69) is 5.32 Å². The molecule has 2 N–H and O–H groups in total. The van der Waals surface area contributed by atoms with Gasteiger partial charge >= 0.3 is 6.09 Å². The maximum atomic E-state index is 13.2. The van der Waals surface area contributed by atoms with Gasteiger partial charge in [-0.15, -0.1) is 0 Å². The molecule has 4 atom stereocenters. The van der Waals surface area contributed by atoms with Gasteiger partial charge in [-0.3, -0.25) is 4.79 Å². The van der Waals surface area contributed by atoms with Crippen LogP contribution in [0.1, 0.15) is 54.4 Å². The van der Waals surface area contributed by atoms with Crippen LogP contribution in [0, 0.1) is 22.7 Å². The summed E-state index contributed by atoms with van der Waals surface area (Å²) in [6, 6.07) is -0.783. The smallest absolute Gasteiger partial charge is 0.408 e. The van der Waals surface area contributed by atoms with E-state index in [-0.39, 0.29) is 18.6 Å². The summed E-state index contributed by atoms with van der Waals surface area (Å²) in [4.78, 5) is 27.2. The van der Waals surface area contributed by atoms with Gasteiger partial charge < -0.3 is 20.1 Å². The number of amides is 2. The van der Waals surface area contributed by atoms with Crippen LogP contribution in [-0.4, -0.2) is 52.8 Å². The van der Waals surface area contributed by atoms with Gasteiger partial charge in [-0.05, 0) is 56.3 Å². The molecule has 1 aliphatic heterocycles. The zero-order valence-electron chi connectivity index (χ0n) is 16.3. The fourth-order valence-corrected chi connectivity index (χ4v) is 4.65. The number of alkyl carbamates (subject to hydrolysis) is 1. The Labute approximate surface area is 150 Å². The Morgan fingerprint density at radius 2 is 1.84 bits per heavy atom. The number of nitrogens with zero attached hydrogens (tertiary/aromatic N) is 1. The first-order valence-electron chi connectivity index (χ1n) is 9.31. The maximum absolute atomic E-state index is 13.2. The van der Waals surface area contributed by atoms with E-state index in [0.717, 1.165) is 0 Å². The fraction of sp³-hybridized carbons (Fsp3) is 0.895. The molecule has 3 aliphatic rings. The molecular weight excluding hydrogens is 320 g/mol. The van der Waals surface area contributed by atoms with Crippen molar-refractivity contribution in [3.05, 3.63) is 0 Å². The van der Waals surface area contributed by atoms with E-state index in [1.807, 2.05) is 20.8 Å². The number of ether oxygens (including phenoxy) is 1. The summed E-state index contributed by atoms with van der Waals surface area (Å²) in [7, 11) is 0. The Hall–Kier alpha value is -1.30. The zero-order valence-corrected chi connectivity index (χ0v) is 16.3. The minimum atomic E-state index is -0.677. The summed E-state index contributed by atoms with van der Waals surface area (Å²) in [6.07, 6.45) is 1.89. The normalized spacial score (nSPS) is 30.7. The minimum Gasteiger partial charge on any atom is -0.444 e. The Morgan fingerprint density at radius 3 is 2.28 bits per heavy atom. The van der Waals surface area contributed by atoms with Gasteiger partial charge in [-0.1, -0.05) is 20.8 Å². The van der Waals surface area contributed by atoms with Gasteiger partial charge in [0.25, 0.3) is 0 Å². The van der Waals surface area contributed by atoms with Crippen LogP contribution in [0.2, 0.25) is 0 Å². The van der Waals surface area contributed by atoms with Crippen LogP contribution in [0.4, 0.5) is 4.79 Å². The third-order valence-corrected chi connectivity index (χ3v) is 6.01. The Kier molecular flexibility index (Phi) is 4.14. The average molecular weight is 352 g/mol. The molecule has 0 aromatic heterocycles. The van der Waals surface area contributed by atoms with E-state index in [1.54, 1.807) is 25.7 Å². The molecule has 25 heavy (non-hydrogen) atoms. The largest absolute Gasteiger partial charge is 0.444 e. The second-order valence-electron chi connectivity index (χ2n) is 10.1. The van der Waals surface area contributed by atoms with Crippen LogP contribution in [-0.2, 0) is 9.53 Å². The second kappa shape index (κ2) is 5.60. The topological polar surface area (TPSA) is 78.9 Å². The molecule has 0 radical (unpaired) electrons. The SMILES string of the molecule is CC(C)(C)OC(=O)N[C@H](C(=O)N1C[C@H]2[C@@H]([C@H]1CO)C21CC1)C(C)(C)C. The second-order valence-corrected chi connectivity index (χ2v) is 10.1. The first kappa shape index (κ1) is 18.5. The van der Waals surface area contributed by atoms with Crippen LogP contribution in [0.5, 0.6) is 0 Å². The lowest BCUT2D eigenvalue weighted by molar-refractivity contribution is -0.139. The van der Waals surface area contributed by atoms with Crippen molar-refractivity contribution in [2.45, 2.75) is 72.1 Å². The number of carbonyl (C=O) groups excluding carboxylic acids is 2. The third kappa shape index (κ3) is 3.25. The molecule has 1 spiro atoms. The van der Waals surface area contributed by atoms with Crippen molar-refractivity contribution in [1.29, 1.82) is 0 Å². The first-order chi connectivity index (χ1) is 11.4. The maximum Gasteiger partial charge on any atom is 0.408 e. The van der Waals surface area contributed by atoms with Crippen molar-refractivity contribution in [2.75, 3.05) is 13.2 Å². The number of aliphatic hydroxyl groups is 1. The number of nitrogens with one attached hydrogen (secondary N) is 1. The summed E-state index contributed by atoms with van der Waals surface area (Å²) in [5, 5.41) is 12.6. The highest BCUT2D eigenvalue weighted by Crippen LogP contribution is 2.78. The lowest BCUT2D eigenvalue weighted by Crippen LogP contribution is -2.57. The highest BCUT2D eigenvalue weighted by atomic mass is 16.6. The van der Waals surface area contributed by atoms with E-state index < -0.39 is 23.2 Å². The summed E-state index contributed by atoms with van der Waals surface area (Å²) in [5.74, 6) is 0.875. The van der Waals surface area contributed by atoms with Gasteiger partial charge in [-0.2, -0.15) is 0 Å². The molecule has 142 valence electrons. The quantitative estimate of drug-likeness (QED) is 0.816. The molecule has 2 aliphatic carbocycles. The van der Waals surface area contributed by atoms with Gasteiger partial charge in [0.1, 0.15) is 11.6 Å². The lowest BCUT2D eigenvalue weighted by atomic mass is 9.85.